The Morgan fingerprint density at radius 1 is 1.11 bits per heavy atom. The van der Waals surface area contributed by atoms with Crippen LogP contribution in [0.4, 0.5) is 11.4 Å². The molecule has 1 aromatic heterocycles. The van der Waals surface area contributed by atoms with E-state index < -0.39 is 5.78 Å². The number of carbonyl (C=O) groups excluding carboxylic acids is 2. The highest BCUT2D eigenvalue weighted by atomic mass is 16.5. The van der Waals surface area contributed by atoms with Crippen LogP contribution in [-0.2, 0) is 4.74 Å². The molecule has 0 unspecified atom stereocenters. The Morgan fingerprint density at radius 3 is 2.41 bits per heavy atom. The highest BCUT2D eigenvalue weighted by Crippen LogP contribution is 2.43. The number of Topliss-reactive ketones (excluding diaryl/α,β-unsaturated/α-hetero) is 1. The van der Waals surface area contributed by atoms with Crippen molar-refractivity contribution in [3.05, 3.63) is 53.2 Å². The predicted molar refractivity (Wildman–Crippen MR) is 140 cm³/mol. The third-order valence-electron chi connectivity index (χ3n) is 6.45. The first-order valence-electron chi connectivity index (χ1n) is 12.2. The van der Waals surface area contributed by atoms with Crippen LogP contribution in [0.5, 0.6) is 11.5 Å². The van der Waals surface area contributed by atoms with Crippen molar-refractivity contribution in [3.63, 3.8) is 0 Å². The van der Waals surface area contributed by atoms with E-state index in [0.717, 1.165) is 18.8 Å². The van der Waals surface area contributed by atoms with Gasteiger partial charge in [-0.15, -0.1) is 0 Å². The second kappa shape index (κ2) is 11.0. The van der Waals surface area contributed by atoms with Crippen LogP contribution in [0.3, 0.4) is 0 Å². The fraction of sp³-hybridized carbons (Fsp3) is 0.370. The largest absolute Gasteiger partial charge is 0.508 e. The summed E-state index contributed by atoms with van der Waals surface area (Å²) in [7, 11) is 1.52. The lowest BCUT2D eigenvalue weighted by Crippen LogP contribution is -2.36. The van der Waals surface area contributed by atoms with E-state index in [1.807, 2.05) is 26.0 Å². The van der Waals surface area contributed by atoms with Gasteiger partial charge in [-0.1, -0.05) is 19.0 Å². The van der Waals surface area contributed by atoms with Crippen molar-refractivity contribution < 1.29 is 29.1 Å². The number of rotatable bonds is 8. The normalized spacial score (nSPS) is 13.7. The molecule has 1 aliphatic heterocycles. The maximum absolute atomic E-state index is 13.5. The molecule has 2 aromatic carbocycles. The number of morpholine rings is 1. The maximum atomic E-state index is 13.5. The van der Waals surface area contributed by atoms with Gasteiger partial charge in [0, 0.05) is 43.9 Å². The van der Waals surface area contributed by atoms with Gasteiger partial charge in [0.2, 0.25) is 0 Å². The molecular weight excluding hydrogens is 476 g/mol. The third-order valence-corrected chi connectivity index (χ3v) is 6.45. The number of amides is 1. The molecule has 0 aliphatic carbocycles. The average Bonchev–Trinajstić information content (AvgIpc) is 3.33. The van der Waals surface area contributed by atoms with E-state index in [0.29, 0.717) is 24.3 Å². The summed E-state index contributed by atoms with van der Waals surface area (Å²) in [4.78, 5) is 29.9. The number of aromatic hydroxyl groups is 2. The molecule has 4 N–H and O–H groups in total. The minimum atomic E-state index is -0.392. The first-order chi connectivity index (χ1) is 17.7. The van der Waals surface area contributed by atoms with Gasteiger partial charge < -0.3 is 35.0 Å². The number of carbonyl (C=O) groups is 2. The van der Waals surface area contributed by atoms with Crippen LogP contribution in [0.15, 0.2) is 40.9 Å². The second-order valence-corrected chi connectivity index (χ2v) is 9.26. The zero-order valence-corrected chi connectivity index (χ0v) is 21.2. The van der Waals surface area contributed by atoms with Gasteiger partial charge >= 0.3 is 0 Å². The summed E-state index contributed by atoms with van der Waals surface area (Å²) in [5.74, 6) is -1.14. The zero-order valence-electron chi connectivity index (χ0n) is 21.2. The molecule has 3 aromatic rings. The number of hydrogen-bond donors (Lipinski definition) is 3. The van der Waals surface area contributed by atoms with E-state index in [4.69, 9.17) is 15.0 Å². The molecule has 10 heteroatoms. The van der Waals surface area contributed by atoms with Gasteiger partial charge in [-0.3, -0.25) is 9.59 Å². The standard InChI is InChI=1S/C27H32N4O6/c1-16(2)19-14-20(23(34)15-22(19)33)26-25(24(29-37-26)21(32)8-9-28)30(3)27(35)17-4-6-18(7-5-17)31-10-12-36-13-11-31/h4-7,14-16,33-34H,8-13,28H2,1-3H3. The number of nitrogens with two attached hydrogens (primary N) is 1. The van der Waals surface area contributed by atoms with Gasteiger partial charge in [-0.05, 0) is 48.4 Å². The van der Waals surface area contributed by atoms with Crippen molar-refractivity contribution in [3.8, 4) is 22.8 Å². The molecule has 4 rings (SSSR count). The molecule has 0 bridgehead atoms. The van der Waals surface area contributed by atoms with E-state index in [-0.39, 0.29) is 59.0 Å². The second-order valence-electron chi connectivity index (χ2n) is 9.26. The van der Waals surface area contributed by atoms with E-state index in [1.54, 1.807) is 18.2 Å². The van der Waals surface area contributed by atoms with Gasteiger partial charge in [0.1, 0.15) is 17.2 Å². The third kappa shape index (κ3) is 5.30. The van der Waals surface area contributed by atoms with Gasteiger partial charge in [-0.2, -0.15) is 0 Å². The van der Waals surface area contributed by atoms with E-state index in [1.165, 1.54) is 18.0 Å². The highest BCUT2D eigenvalue weighted by molar-refractivity contribution is 6.12. The molecule has 2 heterocycles. The van der Waals surface area contributed by atoms with E-state index >= 15 is 0 Å². The monoisotopic (exact) mass is 508 g/mol. The molecule has 0 radical (unpaired) electrons. The van der Waals surface area contributed by atoms with Crippen LogP contribution in [0.1, 0.15) is 52.6 Å². The van der Waals surface area contributed by atoms with Crippen molar-refractivity contribution in [1.29, 1.82) is 0 Å². The molecule has 1 fully saturated rings. The molecule has 196 valence electrons. The number of benzene rings is 2. The molecule has 0 atom stereocenters. The van der Waals surface area contributed by atoms with Crippen molar-refractivity contribution in [2.75, 3.05) is 49.7 Å². The van der Waals surface area contributed by atoms with Crippen molar-refractivity contribution in [2.24, 2.45) is 5.73 Å². The molecule has 0 saturated carbocycles. The Balaban J connectivity index is 1.74. The quantitative estimate of drug-likeness (QED) is 0.390. The number of anilines is 2. The summed E-state index contributed by atoms with van der Waals surface area (Å²) < 4.78 is 10.9. The minimum absolute atomic E-state index is 0.00799. The van der Waals surface area contributed by atoms with E-state index in [9.17, 15) is 19.8 Å². The Kier molecular flexibility index (Phi) is 7.80. The Hall–Kier alpha value is -3.89. The van der Waals surface area contributed by atoms with Crippen LogP contribution in [0.2, 0.25) is 0 Å². The van der Waals surface area contributed by atoms with Crippen LogP contribution in [0.25, 0.3) is 11.3 Å². The Labute approximate surface area is 215 Å². The fourth-order valence-electron chi connectivity index (χ4n) is 4.38. The lowest BCUT2D eigenvalue weighted by Gasteiger charge is -2.29. The van der Waals surface area contributed by atoms with Gasteiger partial charge in [0.25, 0.3) is 5.91 Å². The summed E-state index contributed by atoms with van der Waals surface area (Å²) in [5, 5.41) is 24.9. The molecular formula is C27H32N4O6. The molecule has 37 heavy (non-hydrogen) atoms. The zero-order chi connectivity index (χ0) is 26.7. The number of phenolic OH excluding ortho intramolecular Hbond substituents is 2. The van der Waals surface area contributed by atoms with Crippen LogP contribution < -0.4 is 15.5 Å². The number of phenols is 2. The highest BCUT2D eigenvalue weighted by Gasteiger charge is 2.31. The van der Waals surface area contributed by atoms with Gasteiger partial charge in [0.05, 0.1) is 18.8 Å². The Bertz CT molecular complexity index is 1280. The topological polar surface area (TPSA) is 142 Å². The summed E-state index contributed by atoms with van der Waals surface area (Å²) in [6.07, 6.45) is 0.00799. The number of ketones is 1. The molecule has 0 spiro atoms. The fourth-order valence-corrected chi connectivity index (χ4v) is 4.38. The lowest BCUT2D eigenvalue weighted by atomic mass is 9.97. The van der Waals surface area contributed by atoms with Crippen molar-refractivity contribution in [2.45, 2.75) is 26.2 Å². The first-order valence-corrected chi connectivity index (χ1v) is 12.2. The van der Waals surface area contributed by atoms with Crippen LogP contribution >= 0.6 is 0 Å². The SMILES string of the molecule is CC(C)c1cc(-c2onc(C(=O)CCN)c2N(C)C(=O)c2ccc(N3CCOCC3)cc2)c(O)cc1O. The number of nitrogens with zero attached hydrogens (tertiary/aromatic N) is 3. The molecule has 1 saturated heterocycles. The van der Waals surface area contributed by atoms with Crippen LogP contribution in [0, 0.1) is 0 Å². The first kappa shape index (κ1) is 26.2. The molecule has 1 aliphatic rings. The lowest BCUT2D eigenvalue weighted by molar-refractivity contribution is 0.0977. The summed E-state index contributed by atoms with van der Waals surface area (Å²) in [6, 6.07) is 10.0. The van der Waals surface area contributed by atoms with Crippen LogP contribution in [-0.4, -0.2) is 67.0 Å². The number of aromatic nitrogens is 1. The maximum Gasteiger partial charge on any atom is 0.258 e. The molecule has 1 amide bonds. The predicted octanol–water partition coefficient (Wildman–Crippen LogP) is 3.52. The minimum Gasteiger partial charge on any atom is -0.508 e. The summed E-state index contributed by atoms with van der Waals surface area (Å²) >= 11 is 0. The number of ether oxygens (including phenoxy) is 1. The summed E-state index contributed by atoms with van der Waals surface area (Å²) in [6.45, 7) is 6.75. The van der Waals surface area contributed by atoms with Crippen molar-refractivity contribution in [1.82, 2.24) is 5.16 Å². The molecule has 10 nitrogen and oxygen atoms in total. The van der Waals surface area contributed by atoms with Gasteiger partial charge in [-0.25, -0.2) is 0 Å². The van der Waals surface area contributed by atoms with Gasteiger partial charge in [0.15, 0.2) is 17.2 Å². The smallest absolute Gasteiger partial charge is 0.258 e. The van der Waals surface area contributed by atoms with E-state index in [2.05, 4.69) is 10.1 Å². The average molecular weight is 509 g/mol. The Morgan fingerprint density at radius 2 is 1.78 bits per heavy atom. The van der Waals surface area contributed by atoms with Crippen molar-refractivity contribution >= 4 is 23.1 Å². The summed E-state index contributed by atoms with van der Waals surface area (Å²) in [5.41, 5.74) is 7.82. The number of hydrogen-bond acceptors (Lipinski definition) is 9.